The molecule has 1 saturated carbocycles. The molecule has 0 radical (unpaired) electrons. The van der Waals surface area contributed by atoms with Crippen LogP contribution in [0.3, 0.4) is 0 Å². The largest absolute Gasteiger partial charge is 0.456 e. The Morgan fingerprint density at radius 1 is 1.00 bits per heavy atom. The van der Waals surface area contributed by atoms with Crippen molar-refractivity contribution in [2.45, 2.75) is 18.9 Å². The van der Waals surface area contributed by atoms with E-state index in [9.17, 15) is 0 Å². The third-order valence-corrected chi connectivity index (χ3v) is 5.68. The van der Waals surface area contributed by atoms with Crippen molar-refractivity contribution in [2.75, 3.05) is 0 Å². The molecule has 9 heteroatoms. The van der Waals surface area contributed by atoms with E-state index >= 15 is 0 Å². The van der Waals surface area contributed by atoms with Gasteiger partial charge < -0.3 is 13.8 Å². The molecule has 1 aliphatic carbocycles. The topological polar surface area (TPSA) is 91.8 Å². The summed E-state index contributed by atoms with van der Waals surface area (Å²) in [4.78, 5) is 17.8. The number of hydrogen-bond acceptors (Lipinski definition) is 7. The molecular weight excluding hydrogens is 460 g/mol. The first kappa shape index (κ1) is 18.2. The van der Waals surface area contributed by atoms with Gasteiger partial charge >= 0.3 is 0 Å². The van der Waals surface area contributed by atoms with E-state index in [1.807, 2.05) is 42.6 Å². The highest BCUT2D eigenvalue weighted by Gasteiger charge is 2.28. The van der Waals surface area contributed by atoms with E-state index in [0.717, 1.165) is 34.1 Å². The highest BCUT2D eigenvalue weighted by atomic mass is 79.9. The number of benzene rings is 1. The minimum Gasteiger partial charge on any atom is -0.456 e. The second-order valence-corrected chi connectivity index (χ2v) is 8.11. The van der Waals surface area contributed by atoms with Crippen LogP contribution in [0.2, 0.25) is 0 Å². The summed E-state index contributed by atoms with van der Waals surface area (Å²) >= 11 is 3.63. The number of nitrogens with zero attached hydrogens (tertiary/aromatic N) is 6. The Labute approximate surface area is 185 Å². The summed E-state index contributed by atoms with van der Waals surface area (Å²) in [7, 11) is 0. The van der Waals surface area contributed by atoms with E-state index in [1.54, 1.807) is 12.3 Å². The first-order valence-electron chi connectivity index (χ1n) is 9.81. The molecule has 1 aliphatic rings. The summed E-state index contributed by atoms with van der Waals surface area (Å²) in [5.41, 5.74) is 2.04. The zero-order valence-corrected chi connectivity index (χ0v) is 17.7. The molecule has 1 fully saturated rings. The van der Waals surface area contributed by atoms with Gasteiger partial charge in [0.15, 0.2) is 0 Å². The molecule has 6 rings (SSSR count). The molecule has 8 nitrogen and oxygen atoms in total. The van der Waals surface area contributed by atoms with Crippen molar-refractivity contribution in [1.82, 2.24) is 29.7 Å². The number of para-hydroxylation sites is 1. The van der Waals surface area contributed by atoms with E-state index in [2.05, 4.69) is 45.6 Å². The molecule has 4 heterocycles. The van der Waals surface area contributed by atoms with Crippen molar-refractivity contribution < 1.29 is 9.26 Å². The third kappa shape index (κ3) is 3.36. The SMILES string of the molecule is Brc1cn(C2CC2)c2ncnc(-c3nc(-c4ccc(Oc5ccccc5)cn4)no3)c12. The molecule has 0 atom stereocenters. The molecule has 0 unspecified atom stereocenters. The fourth-order valence-corrected chi connectivity index (χ4v) is 4.04. The zero-order chi connectivity index (χ0) is 20.8. The number of rotatable bonds is 5. The van der Waals surface area contributed by atoms with Crippen LogP contribution in [0.4, 0.5) is 0 Å². The molecule has 0 amide bonds. The van der Waals surface area contributed by atoms with Crippen molar-refractivity contribution in [2.24, 2.45) is 0 Å². The summed E-state index contributed by atoms with van der Waals surface area (Å²) in [6, 6.07) is 13.6. The van der Waals surface area contributed by atoms with Gasteiger partial charge in [-0.05, 0) is 53.0 Å². The lowest BCUT2D eigenvalue weighted by atomic mass is 10.3. The average molecular weight is 475 g/mol. The van der Waals surface area contributed by atoms with Gasteiger partial charge in [-0.25, -0.2) is 15.0 Å². The van der Waals surface area contributed by atoms with Gasteiger partial charge in [0, 0.05) is 16.7 Å². The molecular formula is C22H15BrN6O2. The van der Waals surface area contributed by atoms with Gasteiger partial charge in [-0.15, -0.1) is 0 Å². The monoisotopic (exact) mass is 474 g/mol. The molecule has 31 heavy (non-hydrogen) atoms. The Kier molecular flexibility index (Phi) is 4.27. The lowest BCUT2D eigenvalue weighted by Crippen LogP contribution is -1.95. The number of pyridine rings is 1. The second kappa shape index (κ2) is 7.28. The van der Waals surface area contributed by atoms with E-state index < -0.39 is 0 Å². The smallest absolute Gasteiger partial charge is 0.277 e. The predicted molar refractivity (Wildman–Crippen MR) is 117 cm³/mol. The predicted octanol–water partition coefficient (Wildman–Crippen LogP) is 5.43. The summed E-state index contributed by atoms with van der Waals surface area (Å²) in [6.45, 7) is 0. The lowest BCUT2D eigenvalue weighted by molar-refractivity contribution is 0.431. The Bertz CT molecular complexity index is 1380. The fourth-order valence-electron chi connectivity index (χ4n) is 3.45. The molecule has 0 saturated heterocycles. The standard InChI is InChI=1S/C22H15BrN6O2/c23-16-11-29(13-6-7-13)21-18(16)19(25-12-26-21)22-27-20(28-31-22)17-9-8-15(10-24-17)30-14-4-2-1-3-5-14/h1-5,8-13H,6-7H2. The summed E-state index contributed by atoms with van der Waals surface area (Å²) < 4.78 is 14.4. The number of ether oxygens (including phenoxy) is 1. The lowest BCUT2D eigenvalue weighted by Gasteiger charge is -2.04. The van der Waals surface area contributed by atoms with E-state index in [4.69, 9.17) is 9.26 Å². The first-order chi connectivity index (χ1) is 15.3. The molecule has 0 aliphatic heterocycles. The van der Waals surface area contributed by atoms with Crippen molar-refractivity contribution in [3.05, 3.63) is 65.7 Å². The summed E-state index contributed by atoms with van der Waals surface area (Å²) in [5, 5.41) is 4.96. The minimum atomic E-state index is 0.322. The maximum atomic E-state index is 5.78. The van der Waals surface area contributed by atoms with Gasteiger partial charge in [0.2, 0.25) is 5.82 Å². The number of hydrogen-bond donors (Lipinski definition) is 0. The molecule has 1 aromatic carbocycles. The van der Waals surface area contributed by atoms with Crippen molar-refractivity contribution in [3.63, 3.8) is 0 Å². The average Bonchev–Trinajstić information content (AvgIpc) is 3.43. The Hall–Kier alpha value is -3.59. The molecule has 5 aromatic rings. The minimum absolute atomic E-state index is 0.322. The van der Waals surface area contributed by atoms with Crippen LogP contribution in [-0.2, 0) is 0 Å². The van der Waals surface area contributed by atoms with E-state index in [0.29, 0.717) is 34.9 Å². The van der Waals surface area contributed by atoms with Gasteiger partial charge in [-0.3, -0.25) is 0 Å². The maximum Gasteiger partial charge on any atom is 0.277 e. The van der Waals surface area contributed by atoms with Crippen LogP contribution in [-0.4, -0.2) is 29.7 Å². The first-order valence-corrected chi connectivity index (χ1v) is 10.6. The second-order valence-electron chi connectivity index (χ2n) is 7.25. The number of halogens is 1. The molecule has 0 bridgehead atoms. The van der Waals surface area contributed by atoms with Gasteiger partial charge in [-0.1, -0.05) is 23.4 Å². The van der Waals surface area contributed by atoms with Gasteiger partial charge in [0.1, 0.15) is 34.9 Å². The highest BCUT2D eigenvalue weighted by molar-refractivity contribution is 9.10. The number of aromatic nitrogens is 6. The van der Waals surface area contributed by atoms with Crippen LogP contribution < -0.4 is 4.74 Å². The molecule has 0 spiro atoms. The van der Waals surface area contributed by atoms with E-state index in [1.165, 1.54) is 6.33 Å². The van der Waals surface area contributed by atoms with Gasteiger partial charge in [0.05, 0.1) is 11.6 Å². The Morgan fingerprint density at radius 3 is 2.65 bits per heavy atom. The van der Waals surface area contributed by atoms with Gasteiger partial charge in [0.25, 0.3) is 5.89 Å². The van der Waals surface area contributed by atoms with E-state index in [-0.39, 0.29) is 0 Å². The van der Waals surface area contributed by atoms with Crippen LogP contribution in [0.1, 0.15) is 18.9 Å². The fraction of sp³-hybridized carbons (Fsp3) is 0.136. The zero-order valence-electron chi connectivity index (χ0n) is 16.1. The Morgan fingerprint density at radius 2 is 1.87 bits per heavy atom. The van der Waals surface area contributed by atoms with Crippen molar-refractivity contribution >= 4 is 27.0 Å². The highest BCUT2D eigenvalue weighted by Crippen LogP contribution is 2.41. The third-order valence-electron chi connectivity index (χ3n) is 5.08. The summed E-state index contributed by atoms with van der Waals surface area (Å²) in [6.07, 6.45) is 7.53. The number of fused-ring (bicyclic) bond motifs is 1. The maximum absolute atomic E-state index is 5.78. The molecule has 0 N–H and O–H groups in total. The Balaban J connectivity index is 1.31. The molecule has 4 aromatic heterocycles. The normalized spacial score (nSPS) is 13.6. The van der Waals surface area contributed by atoms with Crippen LogP contribution >= 0.6 is 15.9 Å². The quantitative estimate of drug-likeness (QED) is 0.335. The van der Waals surface area contributed by atoms with Crippen molar-refractivity contribution in [1.29, 1.82) is 0 Å². The summed E-state index contributed by atoms with van der Waals surface area (Å²) in [5.74, 6) is 2.07. The van der Waals surface area contributed by atoms with Gasteiger partial charge in [-0.2, -0.15) is 4.98 Å². The molecule has 152 valence electrons. The van der Waals surface area contributed by atoms with Crippen LogP contribution in [0.25, 0.3) is 34.1 Å². The van der Waals surface area contributed by atoms with Crippen LogP contribution in [0.15, 0.2) is 70.2 Å². The van der Waals surface area contributed by atoms with Crippen molar-refractivity contribution in [3.8, 4) is 34.6 Å². The van der Waals surface area contributed by atoms with Crippen LogP contribution in [0.5, 0.6) is 11.5 Å². The van der Waals surface area contributed by atoms with Crippen LogP contribution in [0, 0.1) is 0 Å².